The minimum atomic E-state index is -1.24. The summed E-state index contributed by atoms with van der Waals surface area (Å²) in [7, 11) is 5.24. The monoisotopic (exact) mass is 349 g/mol. The van der Waals surface area contributed by atoms with Crippen molar-refractivity contribution in [2.45, 2.75) is 46.1 Å². The molecule has 0 aliphatic heterocycles. The number of rotatable bonds is 6. The van der Waals surface area contributed by atoms with Crippen molar-refractivity contribution in [2.24, 2.45) is 5.41 Å². The normalized spacial score (nSPS) is 24.4. The van der Waals surface area contributed by atoms with Crippen LogP contribution in [-0.4, -0.2) is 55.1 Å². The second-order valence-corrected chi connectivity index (χ2v) is 7.65. The van der Waals surface area contributed by atoms with Crippen LogP contribution >= 0.6 is 0 Å². The van der Waals surface area contributed by atoms with E-state index in [0.29, 0.717) is 23.1 Å². The highest BCUT2D eigenvalue weighted by Crippen LogP contribution is 2.47. The Kier molecular flexibility index (Phi) is 6.91. The van der Waals surface area contributed by atoms with Gasteiger partial charge in [-0.2, -0.15) is 0 Å². The van der Waals surface area contributed by atoms with Gasteiger partial charge in [-0.3, -0.25) is 4.79 Å². The summed E-state index contributed by atoms with van der Waals surface area (Å²) >= 11 is 0. The van der Waals surface area contributed by atoms with Gasteiger partial charge in [0.25, 0.3) is 0 Å². The van der Waals surface area contributed by atoms with Crippen LogP contribution in [0.3, 0.4) is 0 Å². The first-order valence-corrected chi connectivity index (χ1v) is 8.50. The summed E-state index contributed by atoms with van der Waals surface area (Å²) in [5.41, 5.74) is 0.203. The Labute approximate surface area is 151 Å². The van der Waals surface area contributed by atoms with Crippen molar-refractivity contribution in [3.8, 4) is 0 Å². The fraction of sp³-hybridized carbons (Fsp3) is 0.600. The first-order valence-electron chi connectivity index (χ1n) is 8.50. The summed E-state index contributed by atoms with van der Waals surface area (Å²) < 4.78 is 4.62. The summed E-state index contributed by atoms with van der Waals surface area (Å²) in [5, 5.41) is 11.4. The standard InChI is InChI=1S/C20H31NO4/c1-14(12-18(23)25-7)8-10-20(24)15(2)16(9-11-21(5)6)17(22)13-19(20,3)4/h8,10,12,24H,9,11,13H2,1-7H3/b10-8+,14-12-/t20-/m1/s1. The number of hydrogen-bond donors (Lipinski definition) is 1. The van der Waals surface area contributed by atoms with E-state index in [-0.39, 0.29) is 12.2 Å². The lowest BCUT2D eigenvalue weighted by molar-refractivity contribution is -0.134. The SMILES string of the molecule is COC(=O)/C=C(C)\C=C\[C@@]1(O)C(C)=C(CCN(C)C)C(=O)CC1(C)C. The van der Waals surface area contributed by atoms with Crippen molar-refractivity contribution in [2.75, 3.05) is 27.7 Å². The fourth-order valence-electron chi connectivity index (χ4n) is 3.15. The number of carbonyl (C=O) groups excluding carboxylic acids is 2. The smallest absolute Gasteiger partial charge is 0.330 e. The minimum absolute atomic E-state index is 0.101. The number of aliphatic hydroxyl groups is 1. The molecule has 0 unspecified atom stereocenters. The molecule has 0 saturated heterocycles. The number of ketones is 1. The molecular weight excluding hydrogens is 318 g/mol. The van der Waals surface area contributed by atoms with Crippen LogP contribution in [0.25, 0.3) is 0 Å². The Morgan fingerprint density at radius 1 is 1.36 bits per heavy atom. The van der Waals surface area contributed by atoms with Crippen LogP contribution in [0.2, 0.25) is 0 Å². The number of allylic oxidation sites excluding steroid dienone is 2. The van der Waals surface area contributed by atoms with Crippen molar-refractivity contribution in [1.82, 2.24) is 4.90 Å². The molecule has 1 aliphatic rings. The average Bonchev–Trinajstić information content (AvgIpc) is 2.50. The third-order valence-electron chi connectivity index (χ3n) is 4.94. The summed E-state index contributed by atoms with van der Waals surface area (Å²) in [6.07, 6.45) is 5.67. The van der Waals surface area contributed by atoms with Crippen LogP contribution in [0.15, 0.2) is 34.9 Å². The highest BCUT2D eigenvalue weighted by molar-refractivity contribution is 5.98. The van der Waals surface area contributed by atoms with E-state index in [4.69, 9.17) is 0 Å². The molecule has 0 aromatic rings. The molecule has 0 amide bonds. The zero-order valence-corrected chi connectivity index (χ0v) is 16.5. The van der Waals surface area contributed by atoms with Gasteiger partial charge >= 0.3 is 5.97 Å². The molecule has 1 N–H and O–H groups in total. The van der Waals surface area contributed by atoms with Crippen molar-refractivity contribution in [1.29, 1.82) is 0 Å². The average molecular weight is 349 g/mol. The Hall–Kier alpha value is -1.72. The van der Waals surface area contributed by atoms with Gasteiger partial charge in [0.05, 0.1) is 7.11 Å². The molecule has 0 radical (unpaired) electrons. The maximum absolute atomic E-state index is 12.6. The van der Waals surface area contributed by atoms with Gasteiger partial charge in [0.1, 0.15) is 5.60 Å². The summed E-state index contributed by atoms with van der Waals surface area (Å²) in [6, 6.07) is 0. The van der Waals surface area contributed by atoms with Gasteiger partial charge in [0, 0.05) is 24.5 Å². The Morgan fingerprint density at radius 3 is 2.48 bits per heavy atom. The molecule has 1 rings (SSSR count). The van der Waals surface area contributed by atoms with E-state index >= 15 is 0 Å². The van der Waals surface area contributed by atoms with Gasteiger partial charge in [0.15, 0.2) is 5.78 Å². The zero-order valence-electron chi connectivity index (χ0n) is 16.5. The third-order valence-corrected chi connectivity index (χ3v) is 4.94. The largest absolute Gasteiger partial charge is 0.466 e. The topological polar surface area (TPSA) is 66.8 Å². The summed E-state index contributed by atoms with van der Waals surface area (Å²) in [6.45, 7) is 8.12. The number of carbonyl (C=O) groups is 2. The quantitative estimate of drug-likeness (QED) is 0.454. The van der Waals surface area contributed by atoms with E-state index in [1.807, 2.05) is 39.8 Å². The van der Waals surface area contributed by atoms with Gasteiger partial charge in [-0.05, 0) is 57.2 Å². The lowest BCUT2D eigenvalue weighted by atomic mass is 9.62. The maximum Gasteiger partial charge on any atom is 0.330 e. The fourth-order valence-corrected chi connectivity index (χ4v) is 3.15. The number of methoxy groups -OCH3 is 1. The molecule has 0 aromatic carbocycles. The predicted octanol–water partition coefficient (Wildman–Crippen LogP) is 2.66. The van der Waals surface area contributed by atoms with Crippen molar-refractivity contribution in [3.63, 3.8) is 0 Å². The van der Waals surface area contributed by atoms with E-state index in [0.717, 1.165) is 6.54 Å². The van der Waals surface area contributed by atoms with Gasteiger partial charge < -0.3 is 14.7 Å². The van der Waals surface area contributed by atoms with E-state index in [2.05, 4.69) is 4.74 Å². The van der Waals surface area contributed by atoms with Crippen molar-refractivity contribution < 1.29 is 19.4 Å². The molecule has 5 heteroatoms. The van der Waals surface area contributed by atoms with Crippen LogP contribution < -0.4 is 0 Å². The van der Waals surface area contributed by atoms with E-state index in [1.54, 1.807) is 19.1 Å². The number of ether oxygens (including phenoxy) is 1. The third kappa shape index (κ3) is 4.89. The van der Waals surface area contributed by atoms with Crippen LogP contribution in [0.5, 0.6) is 0 Å². The van der Waals surface area contributed by atoms with Gasteiger partial charge in [-0.1, -0.05) is 19.9 Å². The van der Waals surface area contributed by atoms with Crippen LogP contribution in [-0.2, 0) is 14.3 Å². The molecule has 1 atom stereocenters. The van der Waals surface area contributed by atoms with E-state index in [9.17, 15) is 14.7 Å². The molecule has 0 bridgehead atoms. The molecule has 0 fully saturated rings. The van der Waals surface area contributed by atoms with Crippen LogP contribution in [0.4, 0.5) is 0 Å². The van der Waals surface area contributed by atoms with Crippen LogP contribution in [0.1, 0.15) is 40.5 Å². The second-order valence-electron chi connectivity index (χ2n) is 7.65. The molecule has 0 aromatic heterocycles. The predicted molar refractivity (Wildman–Crippen MR) is 99.1 cm³/mol. The first-order chi connectivity index (χ1) is 11.4. The Bertz CT molecular complexity index is 626. The van der Waals surface area contributed by atoms with Gasteiger partial charge in [-0.15, -0.1) is 0 Å². The number of hydrogen-bond acceptors (Lipinski definition) is 5. The van der Waals surface area contributed by atoms with E-state index < -0.39 is 17.0 Å². The minimum Gasteiger partial charge on any atom is -0.466 e. The summed E-state index contributed by atoms with van der Waals surface area (Å²) in [4.78, 5) is 25.9. The van der Waals surface area contributed by atoms with Crippen molar-refractivity contribution in [3.05, 3.63) is 34.9 Å². The van der Waals surface area contributed by atoms with Crippen molar-refractivity contribution >= 4 is 11.8 Å². The molecule has 25 heavy (non-hydrogen) atoms. The van der Waals surface area contributed by atoms with Crippen LogP contribution in [0, 0.1) is 5.41 Å². The first kappa shape index (κ1) is 21.3. The number of esters is 1. The molecule has 1 aliphatic carbocycles. The molecule has 0 heterocycles. The lowest BCUT2D eigenvalue weighted by Gasteiger charge is -2.46. The van der Waals surface area contributed by atoms with E-state index in [1.165, 1.54) is 13.2 Å². The highest BCUT2D eigenvalue weighted by atomic mass is 16.5. The highest BCUT2D eigenvalue weighted by Gasteiger charge is 2.49. The molecule has 5 nitrogen and oxygen atoms in total. The second kappa shape index (κ2) is 8.11. The lowest BCUT2D eigenvalue weighted by Crippen LogP contribution is -2.49. The van der Waals surface area contributed by atoms with Gasteiger partial charge in [0.2, 0.25) is 0 Å². The van der Waals surface area contributed by atoms with Gasteiger partial charge in [-0.25, -0.2) is 4.79 Å². The molecule has 0 saturated carbocycles. The Morgan fingerprint density at radius 2 is 1.96 bits per heavy atom. The molecule has 0 spiro atoms. The summed E-state index contributed by atoms with van der Waals surface area (Å²) in [5.74, 6) is -0.338. The maximum atomic E-state index is 12.6. The Balaban J connectivity index is 3.27. The molecular formula is C20H31NO4. The number of Topliss-reactive ketones (excluding diaryl/α,β-unsaturated/α-hetero) is 1. The number of nitrogens with zero attached hydrogens (tertiary/aromatic N) is 1. The molecule has 140 valence electrons. The zero-order chi connectivity index (χ0) is 19.4.